The van der Waals surface area contributed by atoms with Crippen LogP contribution in [0.15, 0.2) is 36.4 Å². The lowest BCUT2D eigenvalue weighted by Gasteiger charge is -2.19. The topological polar surface area (TPSA) is 38.0 Å². The van der Waals surface area contributed by atoms with Gasteiger partial charge in [0, 0.05) is 10.6 Å². The van der Waals surface area contributed by atoms with E-state index in [9.17, 15) is 8.78 Å². The number of rotatable bonds is 3. The molecule has 3 N–H and O–H groups in total. The molecule has 2 rings (SSSR count). The monoisotopic (exact) mass is 282 g/mol. The van der Waals surface area contributed by atoms with Gasteiger partial charge in [-0.15, -0.1) is 0 Å². The maximum Gasteiger partial charge on any atom is 0.129 e. The van der Waals surface area contributed by atoms with Crippen molar-refractivity contribution in [3.8, 4) is 0 Å². The van der Waals surface area contributed by atoms with E-state index in [0.717, 1.165) is 0 Å². The van der Waals surface area contributed by atoms with Crippen LogP contribution >= 0.6 is 11.6 Å². The number of benzene rings is 2. The van der Waals surface area contributed by atoms with E-state index in [0.29, 0.717) is 11.1 Å². The molecule has 0 aliphatic heterocycles. The molecule has 0 saturated carbocycles. The fraction of sp³-hybridized carbons (Fsp3) is 0.143. The molecule has 2 aromatic rings. The lowest BCUT2D eigenvalue weighted by atomic mass is 9.97. The Balaban J connectivity index is 2.53. The third-order valence-corrected chi connectivity index (χ3v) is 3.31. The summed E-state index contributed by atoms with van der Waals surface area (Å²) < 4.78 is 27.5. The van der Waals surface area contributed by atoms with Crippen LogP contribution in [0, 0.1) is 18.6 Å². The Bertz CT molecular complexity index is 582. The number of aryl methyl sites for hydroxylation is 1. The van der Waals surface area contributed by atoms with E-state index in [1.54, 1.807) is 25.1 Å². The van der Waals surface area contributed by atoms with Gasteiger partial charge in [0.15, 0.2) is 0 Å². The van der Waals surface area contributed by atoms with Gasteiger partial charge in [-0.1, -0.05) is 29.8 Å². The number of halogens is 3. The Morgan fingerprint density at radius 2 is 1.89 bits per heavy atom. The van der Waals surface area contributed by atoms with Crippen molar-refractivity contribution in [2.24, 2.45) is 5.84 Å². The van der Waals surface area contributed by atoms with Crippen LogP contribution in [0.3, 0.4) is 0 Å². The van der Waals surface area contributed by atoms with Crippen molar-refractivity contribution < 1.29 is 8.78 Å². The van der Waals surface area contributed by atoms with Crippen molar-refractivity contribution in [1.29, 1.82) is 0 Å². The molecule has 0 fully saturated rings. The number of nitrogens with one attached hydrogen (secondary N) is 1. The van der Waals surface area contributed by atoms with E-state index in [1.807, 2.05) is 0 Å². The second-order valence-corrected chi connectivity index (χ2v) is 4.65. The van der Waals surface area contributed by atoms with Crippen molar-refractivity contribution in [1.82, 2.24) is 5.43 Å². The van der Waals surface area contributed by atoms with Crippen molar-refractivity contribution in [3.05, 3.63) is 69.7 Å². The Morgan fingerprint density at radius 1 is 1.16 bits per heavy atom. The van der Waals surface area contributed by atoms with Crippen LogP contribution in [0.25, 0.3) is 0 Å². The molecule has 0 amide bonds. The first-order chi connectivity index (χ1) is 9.04. The molecule has 0 heterocycles. The van der Waals surface area contributed by atoms with Crippen LogP contribution in [0.5, 0.6) is 0 Å². The van der Waals surface area contributed by atoms with Gasteiger partial charge in [-0.25, -0.2) is 14.2 Å². The van der Waals surface area contributed by atoms with Gasteiger partial charge in [0.2, 0.25) is 0 Å². The number of hydrogen-bond acceptors (Lipinski definition) is 2. The highest BCUT2D eigenvalue weighted by Crippen LogP contribution is 2.30. The molecular weight excluding hydrogens is 270 g/mol. The molecule has 0 radical (unpaired) electrons. The Morgan fingerprint density at radius 3 is 2.47 bits per heavy atom. The summed E-state index contributed by atoms with van der Waals surface area (Å²) in [6.07, 6.45) is 0. The van der Waals surface area contributed by atoms with Gasteiger partial charge in [0.05, 0.1) is 6.04 Å². The average Bonchev–Trinajstić information content (AvgIpc) is 2.37. The summed E-state index contributed by atoms with van der Waals surface area (Å²) in [5.74, 6) is 4.61. The molecule has 2 nitrogen and oxygen atoms in total. The summed E-state index contributed by atoms with van der Waals surface area (Å²) in [5, 5.41) is 0.240. The zero-order chi connectivity index (χ0) is 14.0. The van der Waals surface area contributed by atoms with Crippen molar-refractivity contribution in [2.75, 3.05) is 0 Å². The zero-order valence-electron chi connectivity index (χ0n) is 10.3. The largest absolute Gasteiger partial charge is 0.271 e. The normalized spacial score (nSPS) is 12.5. The first-order valence-corrected chi connectivity index (χ1v) is 6.08. The quantitative estimate of drug-likeness (QED) is 0.668. The third-order valence-electron chi connectivity index (χ3n) is 2.98. The minimum Gasteiger partial charge on any atom is -0.271 e. The second-order valence-electron chi connectivity index (χ2n) is 4.24. The van der Waals surface area contributed by atoms with E-state index in [4.69, 9.17) is 17.4 Å². The van der Waals surface area contributed by atoms with Crippen LogP contribution in [0.1, 0.15) is 22.7 Å². The number of hydrazine groups is 1. The zero-order valence-corrected chi connectivity index (χ0v) is 11.0. The van der Waals surface area contributed by atoms with Gasteiger partial charge in [-0.05, 0) is 36.2 Å². The van der Waals surface area contributed by atoms with Gasteiger partial charge in [0.1, 0.15) is 11.6 Å². The van der Waals surface area contributed by atoms with Gasteiger partial charge in [-0.2, -0.15) is 0 Å². The van der Waals surface area contributed by atoms with Crippen molar-refractivity contribution >= 4 is 11.6 Å². The first kappa shape index (κ1) is 13.9. The molecule has 0 saturated heterocycles. The first-order valence-electron chi connectivity index (χ1n) is 5.70. The predicted octanol–water partition coefficient (Wildman–Crippen LogP) is 3.48. The maximum absolute atomic E-state index is 13.9. The fourth-order valence-corrected chi connectivity index (χ4v) is 2.19. The molecule has 1 unspecified atom stereocenters. The summed E-state index contributed by atoms with van der Waals surface area (Å²) in [6.45, 7) is 1.65. The molecular formula is C14H13ClF2N2. The van der Waals surface area contributed by atoms with Crippen LogP contribution in [0.2, 0.25) is 5.02 Å². The van der Waals surface area contributed by atoms with E-state index in [1.165, 1.54) is 18.2 Å². The molecule has 0 bridgehead atoms. The SMILES string of the molecule is Cc1ccc(C(NN)c2c(F)cccc2Cl)cc1F. The van der Waals surface area contributed by atoms with Gasteiger partial charge >= 0.3 is 0 Å². The molecule has 0 aromatic heterocycles. The standard InChI is InChI=1S/C14H13ClF2N2/c1-8-5-6-9(7-12(8)17)14(19-18)13-10(15)3-2-4-11(13)16/h2-7,14,19H,18H2,1H3. The average molecular weight is 283 g/mol. The van der Waals surface area contributed by atoms with E-state index in [2.05, 4.69) is 5.43 Å². The van der Waals surface area contributed by atoms with Gasteiger partial charge in [0.25, 0.3) is 0 Å². The van der Waals surface area contributed by atoms with E-state index >= 15 is 0 Å². The minimum absolute atomic E-state index is 0.204. The summed E-state index contributed by atoms with van der Waals surface area (Å²) >= 11 is 5.99. The van der Waals surface area contributed by atoms with Gasteiger partial charge in [-0.3, -0.25) is 5.84 Å². The molecule has 19 heavy (non-hydrogen) atoms. The minimum atomic E-state index is -0.705. The van der Waals surface area contributed by atoms with Crippen LogP contribution < -0.4 is 11.3 Å². The summed E-state index contributed by atoms with van der Waals surface area (Å²) in [4.78, 5) is 0. The summed E-state index contributed by atoms with van der Waals surface area (Å²) in [5.41, 5.74) is 3.70. The second kappa shape index (κ2) is 5.65. The number of hydrogen-bond donors (Lipinski definition) is 2. The lowest BCUT2D eigenvalue weighted by Crippen LogP contribution is -2.30. The summed E-state index contributed by atoms with van der Waals surface area (Å²) in [6, 6.07) is 8.27. The highest BCUT2D eigenvalue weighted by atomic mass is 35.5. The Labute approximate surface area is 115 Å². The molecule has 0 aliphatic rings. The molecule has 0 aliphatic carbocycles. The van der Waals surface area contributed by atoms with E-state index in [-0.39, 0.29) is 16.4 Å². The van der Waals surface area contributed by atoms with E-state index < -0.39 is 11.9 Å². The van der Waals surface area contributed by atoms with Gasteiger partial charge < -0.3 is 0 Å². The third kappa shape index (κ3) is 2.76. The van der Waals surface area contributed by atoms with Crippen molar-refractivity contribution in [3.63, 3.8) is 0 Å². The van der Waals surface area contributed by atoms with Crippen LogP contribution in [0.4, 0.5) is 8.78 Å². The highest BCUT2D eigenvalue weighted by Gasteiger charge is 2.20. The Kier molecular flexibility index (Phi) is 4.14. The molecule has 100 valence electrons. The Hall–Kier alpha value is -1.49. The fourth-order valence-electron chi connectivity index (χ4n) is 1.92. The predicted molar refractivity (Wildman–Crippen MR) is 71.7 cm³/mol. The molecule has 2 aromatic carbocycles. The number of nitrogens with two attached hydrogens (primary N) is 1. The molecule has 1 atom stereocenters. The van der Waals surface area contributed by atoms with Crippen LogP contribution in [-0.4, -0.2) is 0 Å². The summed E-state index contributed by atoms with van der Waals surface area (Å²) in [7, 11) is 0. The molecule has 5 heteroatoms. The smallest absolute Gasteiger partial charge is 0.129 e. The molecule has 0 spiro atoms. The highest BCUT2D eigenvalue weighted by molar-refractivity contribution is 6.31. The van der Waals surface area contributed by atoms with Crippen molar-refractivity contribution in [2.45, 2.75) is 13.0 Å². The lowest BCUT2D eigenvalue weighted by molar-refractivity contribution is 0.555. The van der Waals surface area contributed by atoms with Crippen LogP contribution in [-0.2, 0) is 0 Å². The maximum atomic E-state index is 13.9.